The van der Waals surface area contributed by atoms with Crippen LogP contribution in [0, 0.1) is 0 Å². The Kier molecular flexibility index (Phi) is 4.91. The second kappa shape index (κ2) is 7.48. The topological polar surface area (TPSA) is 37.7 Å². The lowest BCUT2D eigenvalue weighted by atomic mass is 10.0. The molecule has 0 saturated carbocycles. The molecule has 2 aromatic heterocycles. The summed E-state index contributed by atoms with van der Waals surface area (Å²) in [5.41, 5.74) is 3.01. The number of hydrogen-bond donors (Lipinski definition) is 0. The first kappa shape index (κ1) is 17.1. The van der Waals surface area contributed by atoms with Crippen molar-refractivity contribution in [3.63, 3.8) is 0 Å². The van der Waals surface area contributed by atoms with Crippen LogP contribution in [0.1, 0.15) is 29.8 Å². The fourth-order valence-corrected chi connectivity index (χ4v) is 4.08. The van der Waals surface area contributed by atoms with Crippen molar-refractivity contribution in [3.05, 3.63) is 75.6 Å². The third-order valence-electron chi connectivity index (χ3n) is 4.20. The lowest BCUT2D eigenvalue weighted by Crippen LogP contribution is -2.17. The molecular weight excluding hydrogens is 366 g/mol. The molecule has 3 aromatic rings. The van der Waals surface area contributed by atoms with Gasteiger partial charge in [0, 0.05) is 22.9 Å². The van der Waals surface area contributed by atoms with E-state index in [0.29, 0.717) is 17.6 Å². The number of ether oxygens (including phenoxy) is 1. The Hall–Kier alpha value is -2.37. The predicted molar refractivity (Wildman–Crippen MR) is 108 cm³/mol. The Morgan fingerprint density at radius 2 is 2.04 bits per heavy atom. The molecule has 1 unspecified atom stereocenters. The zero-order valence-electron chi connectivity index (χ0n) is 14.3. The summed E-state index contributed by atoms with van der Waals surface area (Å²) < 4.78 is 5.54. The summed E-state index contributed by atoms with van der Waals surface area (Å²) in [6, 6.07) is 18.4. The van der Waals surface area contributed by atoms with Crippen molar-refractivity contribution < 1.29 is 4.74 Å². The molecule has 0 N–H and O–H groups in total. The van der Waals surface area contributed by atoms with Crippen molar-refractivity contribution in [1.82, 2.24) is 4.98 Å². The van der Waals surface area contributed by atoms with Gasteiger partial charge in [-0.15, -0.1) is 11.3 Å². The van der Waals surface area contributed by atoms with E-state index in [2.05, 4.69) is 39.6 Å². The third-order valence-corrected chi connectivity index (χ3v) is 5.37. The van der Waals surface area contributed by atoms with E-state index in [1.165, 1.54) is 4.88 Å². The van der Waals surface area contributed by atoms with Crippen LogP contribution in [0.2, 0.25) is 5.15 Å². The van der Waals surface area contributed by atoms with Gasteiger partial charge in [-0.25, -0.2) is 4.98 Å². The molecule has 1 aliphatic heterocycles. The molecule has 0 bridgehead atoms. The number of hydrazone groups is 1. The van der Waals surface area contributed by atoms with Crippen molar-refractivity contribution in [1.29, 1.82) is 0 Å². The van der Waals surface area contributed by atoms with Gasteiger partial charge < -0.3 is 4.74 Å². The predicted octanol–water partition coefficient (Wildman–Crippen LogP) is 5.55. The van der Waals surface area contributed by atoms with Gasteiger partial charge >= 0.3 is 0 Å². The minimum Gasteiger partial charge on any atom is -0.478 e. The first-order valence-corrected chi connectivity index (χ1v) is 9.76. The van der Waals surface area contributed by atoms with Crippen molar-refractivity contribution in [2.75, 3.05) is 11.6 Å². The normalized spacial score (nSPS) is 16.6. The first-order valence-electron chi connectivity index (χ1n) is 8.50. The second-order valence-electron chi connectivity index (χ2n) is 5.91. The van der Waals surface area contributed by atoms with E-state index in [1.54, 1.807) is 11.3 Å². The fraction of sp³-hybridized carbons (Fsp3) is 0.200. The number of thiophene rings is 1. The van der Waals surface area contributed by atoms with Crippen molar-refractivity contribution in [2.24, 2.45) is 5.10 Å². The molecule has 4 nitrogen and oxygen atoms in total. The molecule has 0 amide bonds. The summed E-state index contributed by atoms with van der Waals surface area (Å²) in [7, 11) is 0. The minimum absolute atomic E-state index is 0.176. The number of rotatable bonds is 5. The number of pyridine rings is 1. The number of anilines is 1. The summed E-state index contributed by atoms with van der Waals surface area (Å²) in [4.78, 5) is 5.51. The summed E-state index contributed by atoms with van der Waals surface area (Å²) in [5.74, 6) is 0.531. The van der Waals surface area contributed by atoms with Crippen LogP contribution in [0.25, 0.3) is 0 Å². The number of hydrogen-bond acceptors (Lipinski definition) is 5. The number of halogens is 1. The third kappa shape index (κ3) is 3.45. The molecule has 4 rings (SSSR count). The summed E-state index contributed by atoms with van der Waals surface area (Å²) in [6.07, 6.45) is 0.807. The average molecular weight is 384 g/mol. The molecule has 0 saturated heterocycles. The SMILES string of the molecule is CCOc1cc(C2=NN(c3ccccc3)C(c3cccs3)C2)cc(Cl)n1. The van der Waals surface area contributed by atoms with Crippen LogP contribution in [0.15, 0.2) is 65.1 Å². The highest BCUT2D eigenvalue weighted by molar-refractivity contribution is 7.10. The van der Waals surface area contributed by atoms with Gasteiger partial charge in [0.2, 0.25) is 5.88 Å². The molecule has 6 heteroatoms. The Labute approximate surface area is 161 Å². The molecule has 26 heavy (non-hydrogen) atoms. The monoisotopic (exact) mass is 383 g/mol. The standard InChI is InChI=1S/C20H18ClN3OS/c1-2-25-20-12-14(11-19(21)22-20)16-13-17(18-9-6-10-26-18)24(23-16)15-7-4-3-5-8-15/h3-12,17H,2,13H2,1H3. The van der Waals surface area contributed by atoms with Crippen LogP contribution in [-0.4, -0.2) is 17.3 Å². The second-order valence-corrected chi connectivity index (χ2v) is 7.28. The Morgan fingerprint density at radius 1 is 1.19 bits per heavy atom. The highest BCUT2D eigenvalue weighted by atomic mass is 35.5. The van der Waals surface area contributed by atoms with E-state index in [-0.39, 0.29) is 6.04 Å². The Balaban J connectivity index is 1.73. The van der Waals surface area contributed by atoms with E-state index in [1.807, 2.05) is 37.3 Å². The van der Waals surface area contributed by atoms with Crippen LogP contribution >= 0.6 is 22.9 Å². The van der Waals surface area contributed by atoms with E-state index in [9.17, 15) is 0 Å². The highest BCUT2D eigenvalue weighted by Crippen LogP contribution is 2.38. The first-order chi connectivity index (χ1) is 12.7. The minimum atomic E-state index is 0.176. The fourth-order valence-electron chi connectivity index (χ4n) is 3.07. The molecule has 1 aliphatic rings. The van der Waals surface area contributed by atoms with Gasteiger partial charge in [0.05, 0.1) is 24.0 Å². The van der Waals surface area contributed by atoms with E-state index >= 15 is 0 Å². The van der Waals surface area contributed by atoms with Gasteiger partial charge in [0.15, 0.2) is 0 Å². The van der Waals surface area contributed by atoms with Crippen LogP contribution in [0.3, 0.4) is 0 Å². The number of nitrogens with zero attached hydrogens (tertiary/aromatic N) is 3. The van der Waals surface area contributed by atoms with Gasteiger partial charge in [0.25, 0.3) is 0 Å². The van der Waals surface area contributed by atoms with Crippen molar-refractivity contribution in [2.45, 2.75) is 19.4 Å². The molecule has 1 atom stereocenters. The van der Waals surface area contributed by atoms with E-state index < -0.39 is 0 Å². The van der Waals surface area contributed by atoms with Crippen LogP contribution < -0.4 is 9.75 Å². The molecule has 0 spiro atoms. The molecule has 1 aromatic carbocycles. The molecular formula is C20H18ClN3OS. The molecule has 0 aliphatic carbocycles. The maximum absolute atomic E-state index is 6.20. The number of benzene rings is 1. The lowest BCUT2D eigenvalue weighted by Gasteiger charge is -2.22. The van der Waals surface area contributed by atoms with E-state index in [4.69, 9.17) is 21.4 Å². The Morgan fingerprint density at radius 3 is 2.77 bits per heavy atom. The summed E-state index contributed by atoms with van der Waals surface area (Å²) in [5, 5.41) is 9.54. The highest BCUT2D eigenvalue weighted by Gasteiger charge is 2.30. The van der Waals surface area contributed by atoms with Gasteiger partial charge in [-0.3, -0.25) is 5.01 Å². The zero-order chi connectivity index (χ0) is 17.9. The van der Waals surface area contributed by atoms with Gasteiger partial charge in [0.1, 0.15) is 5.15 Å². The largest absolute Gasteiger partial charge is 0.478 e. The zero-order valence-corrected chi connectivity index (χ0v) is 15.9. The Bertz CT molecular complexity index is 912. The van der Waals surface area contributed by atoms with Crippen molar-refractivity contribution >= 4 is 34.3 Å². The molecule has 0 radical (unpaired) electrons. The maximum Gasteiger partial charge on any atom is 0.215 e. The summed E-state index contributed by atoms with van der Waals surface area (Å²) >= 11 is 7.95. The number of para-hydroxylation sites is 1. The lowest BCUT2D eigenvalue weighted by molar-refractivity contribution is 0.327. The van der Waals surface area contributed by atoms with Crippen LogP contribution in [-0.2, 0) is 0 Å². The average Bonchev–Trinajstić information content (AvgIpc) is 3.32. The smallest absolute Gasteiger partial charge is 0.215 e. The van der Waals surface area contributed by atoms with Gasteiger partial charge in [-0.2, -0.15) is 5.10 Å². The quantitative estimate of drug-likeness (QED) is 0.542. The van der Waals surface area contributed by atoms with E-state index in [0.717, 1.165) is 23.4 Å². The molecule has 132 valence electrons. The van der Waals surface area contributed by atoms with Crippen LogP contribution in [0.4, 0.5) is 5.69 Å². The summed E-state index contributed by atoms with van der Waals surface area (Å²) in [6.45, 7) is 2.48. The maximum atomic E-state index is 6.20. The molecule has 0 fully saturated rings. The number of aromatic nitrogens is 1. The van der Waals surface area contributed by atoms with Gasteiger partial charge in [-0.05, 0) is 36.6 Å². The molecule has 3 heterocycles. The van der Waals surface area contributed by atoms with Crippen molar-refractivity contribution in [3.8, 4) is 5.88 Å². The van der Waals surface area contributed by atoms with Crippen LogP contribution in [0.5, 0.6) is 5.88 Å². The van der Waals surface area contributed by atoms with Gasteiger partial charge in [-0.1, -0.05) is 35.9 Å².